The van der Waals surface area contributed by atoms with Gasteiger partial charge in [-0.25, -0.2) is 13.8 Å². The molecule has 10 heteroatoms. The summed E-state index contributed by atoms with van der Waals surface area (Å²) in [6.07, 6.45) is 4.01. The number of benzene rings is 2. The summed E-state index contributed by atoms with van der Waals surface area (Å²) in [5.74, 6) is -1.37. The van der Waals surface area contributed by atoms with Crippen LogP contribution < -0.4 is 10.6 Å². The van der Waals surface area contributed by atoms with Gasteiger partial charge in [0, 0.05) is 56.3 Å². The van der Waals surface area contributed by atoms with Gasteiger partial charge in [-0.05, 0) is 67.6 Å². The van der Waals surface area contributed by atoms with Gasteiger partial charge in [-0.2, -0.15) is 0 Å². The van der Waals surface area contributed by atoms with Crippen LogP contribution in [0.1, 0.15) is 64.4 Å². The molecule has 8 nitrogen and oxygen atoms in total. The van der Waals surface area contributed by atoms with E-state index in [4.69, 9.17) is 0 Å². The van der Waals surface area contributed by atoms with Gasteiger partial charge in [-0.3, -0.25) is 9.59 Å². The van der Waals surface area contributed by atoms with Crippen molar-refractivity contribution in [2.75, 3.05) is 19.6 Å². The number of aromatic nitrogens is 2. The van der Waals surface area contributed by atoms with Crippen molar-refractivity contribution >= 4 is 11.8 Å². The molecule has 0 saturated heterocycles. The van der Waals surface area contributed by atoms with E-state index >= 15 is 0 Å². The van der Waals surface area contributed by atoms with Crippen LogP contribution in [0.3, 0.4) is 0 Å². The summed E-state index contributed by atoms with van der Waals surface area (Å²) in [5, 5.41) is 17.0. The van der Waals surface area contributed by atoms with Crippen molar-refractivity contribution in [2.24, 2.45) is 7.05 Å². The van der Waals surface area contributed by atoms with Gasteiger partial charge < -0.3 is 25.2 Å². The molecule has 0 spiro atoms. The largest absolute Gasteiger partial charge is 0.390 e. The van der Waals surface area contributed by atoms with Gasteiger partial charge in [-0.1, -0.05) is 13.8 Å². The maximum Gasteiger partial charge on any atom is 0.253 e. The molecule has 1 heterocycles. The van der Waals surface area contributed by atoms with Crippen molar-refractivity contribution in [1.82, 2.24) is 25.1 Å². The summed E-state index contributed by atoms with van der Waals surface area (Å²) in [4.78, 5) is 32.6. The molecule has 0 saturated carbocycles. The standard InChI is InChI=1S/C30H39F2N5O3/c1-5-8-37(9-6-2)30(40)23-12-20(3)11-22(16-23)29(39)35-26(15-21-13-24(31)17-25(32)14-21)27(38)18-33-19-28-34-7-10-36(28)4/h7,10-14,16-17,26-27,33,38H,5-6,8-9,15,18-19H2,1-4H3,(H,35,39)/t26-,27+/m0/s1. The first-order chi connectivity index (χ1) is 19.1. The number of carbonyl (C=O) groups excluding carboxylic acids is 2. The molecule has 2 aromatic carbocycles. The van der Waals surface area contributed by atoms with Crippen LogP contribution in [-0.4, -0.2) is 63.2 Å². The molecular formula is C30H39F2N5O3. The maximum atomic E-state index is 13.9. The van der Waals surface area contributed by atoms with Crippen LogP contribution >= 0.6 is 0 Å². The van der Waals surface area contributed by atoms with Crippen LogP contribution in [0.15, 0.2) is 48.8 Å². The van der Waals surface area contributed by atoms with Crippen molar-refractivity contribution in [3.05, 3.63) is 88.5 Å². The van der Waals surface area contributed by atoms with Crippen LogP contribution in [-0.2, 0) is 20.0 Å². The molecule has 2 amide bonds. The molecule has 0 aliphatic heterocycles. The van der Waals surface area contributed by atoms with Crippen LogP contribution in [0.25, 0.3) is 0 Å². The third-order valence-corrected chi connectivity index (χ3v) is 6.58. The number of rotatable bonds is 14. The average molecular weight is 556 g/mol. The number of nitrogens with one attached hydrogen (secondary N) is 2. The van der Waals surface area contributed by atoms with Crippen molar-refractivity contribution < 1.29 is 23.5 Å². The highest BCUT2D eigenvalue weighted by atomic mass is 19.1. The average Bonchev–Trinajstić information content (AvgIpc) is 3.31. The minimum atomic E-state index is -1.09. The molecule has 3 aromatic rings. The SMILES string of the molecule is CCCN(CCC)C(=O)c1cc(C)cc(C(=O)N[C@@H](Cc2cc(F)cc(F)c2)[C@H](O)CNCc2nccn2C)c1. The van der Waals surface area contributed by atoms with E-state index in [1.165, 1.54) is 12.1 Å². The molecule has 0 aliphatic rings. The number of halogens is 2. The lowest BCUT2D eigenvalue weighted by molar-refractivity contribution is 0.0755. The summed E-state index contributed by atoms with van der Waals surface area (Å²) >= 11 is 0. The topological polar surface area (TPSA) is 99.5 Å². The third kappa shape index (κ3) is 8.69. The molecule has 0 bridgehead atoms. The Hall–Kier alpha value is -3.63. The zero-order valence-corrected chi connectivity index (χ0v) is 23.6. The summed E-state index contributed by atoms with van der Waals surface area (Å²) in [6, 6.07) is 7.22. The van der Waals surface area contributed by atoms with Crippen LogP contribution in [0.2, 0.25) is 0 Å². The van der Waals surface area contributed by atoms with Gasteiger partial charge in [-0.15, -0.1) is 0 Å². The quantitative estimate of drug-likeness (QED) is 0.281. The summed E-state index contributed by atoms with van der Waals surface area (Å²) in [5.41, 5.74) is 1.71. The lowest BCUT2D eigenvalue weighted by Gasteiger charge is -2.25. The van der Waals surface area contributed by atoms with Crippen LogP contribution in [0.5, 0.6) is 0 Å². The predicted molar refractivity (Wildman–Crippen MR) is 150 cm³/mol. The van der Waals surface area contributed by atoms with Gasteiger partial charge >= 0.3 is 0 Å². The Morgan fingerprint density at radius 3 is 2.27 bits per heavy atom. The molecule has 2 atom stereocenters. The fourth-order valence-corrected chi connectivity index (χ4v) is 4.63. The molecule has 3 rings (SSSR count). The van der Waals surface area contributed by atoms with E-state index in [2.05, 4.69) is 15.6 Å². The number of nitrogens with zero attached hydrogens (tertiary/aromatic N) is 3. The predicted octanol–water partition coefficient (Wildman–Crippen LogP) is 3.76. The smallest absolute Gasteiger partial charge is 0.253 e. The molecule has 40 heavy (non-hydrogen) atoms. The maximum absolute atomic E-state index is 13.9. The number of amides is 2. The summed E-state index contributed by atoms with van der Waals surface area (Å²) in [6.45, 7) is 7.53. The van der Waals surface area contributed by atoms with Gasteiger partial charge in [0.05, 0.1) is 18.7 Å². The Balaban J connectivity index is 1.81. The number of aliphatic hydroxyl groups excluding tert-OH is 1. The third-order valence-electron chi connectivity index (χ3n) is 6.58. The van der Waals surface area contributed by atoms with E-state index in [-0.39, 0.29) is 24.4 Å². The lowest BCUT2D eigenvalue weighted by atomic mass is 9.99. The highest BCUT2D eigenvalue weighted by Crippen LogP contribution is 2.16. The highest BCUT2D eigenvalue weighted by molar-refractivity contribution is 6.00. The highest BCUT2D eigenvalue weighted by Gasteiger charge is 2.24. The number of aryl methyl sites for hydroxylation is 2. The monoisotopic (exact) mass is 555 g/mol. The summed E-state index contributed by atoms with van der Waals surface area (Å²) < 4.78 is 29.6. The zero-order valence-electron chi connectivity index (χ0n) is 23.6. The fourth-order valence-electron chi connectivity index (χ4n) is 4.63. The second-order valence-electron chi connectivity index (χ2n) is 10.1. The number of aliphatic hydroxyl groups is 1. The number of hydrogen-bond acceptors (Lipinski definition) is 5. The lowest BCUT2D eigenvalue weighted by Crippen LogP contribution is -2.48. The second-order valence-corrected chi connectivity index (χ2v) is 10.1. The van der Waals surface area contributed by atoms with E-state index in [0.29, 0.717) is 30.8 Å². The molecule has 0 fully saturated rings. The molecule has 1 aromatic heterocycles. The van der Waals surface area contributed by atoms with E-state index in [1.54, 1.807) is 42.4 Å². The number of carbonyl (C=O) groups is 2. The van der Waals surface area contributed by atoms with Crippen molar-refractivity contribution in [1.29, 1.82) is 0 Å². The van der Waals surface area contributed by atoms with E-state index in [1.807, 2.05) is 25.5 Å². The van der Waals surface area contributed by atoms with Crippen LogP contribution in [0, 0.1) is 18.6 Å². The minimum absolute atomic E-state index is 0.00987. The first-order valence-electron chi connectivity index (χ1n) is 13.6. The Labute approximate surface area is 234 Å². The zero-order chi connectivity index (χ0) is 29.2. The van der Waals surface area contributed by atoms with Gasteiger partial charge in [0.15, 0.2) is 0 Å². The fraction of sp³-hybridized carbons (Fsp3) is 0.433. The second kappa shape index (κ2) is 14.7. The van der Waals surface area contributed by atoms with Gasteiger partial charge in [0.2, 0.25) is 0 Å². The number of hydrogen-bond donors (Lipinski definition) is 3. The normalized spacial score (nSPS) is 12.7. The van der Waals surface area contributed by atoms with E-state index in [0.717, 1.165) is 30.3 Å². The first-order valence-corrected chi connectivity index (χ1v) is 13.6. The van der Waals surface area contributed by atoms with Crippen molar-refractivity contribution in [3.8, 4) is 0 Å². The number of imidazole rings is 1. The Bertz CT molecular complexity index is 1270. The molecule has 216 valence electrons. The molecular weight excluding hydrogens is 516 g/mol. The van der Waals surface area contributed by atoms with Crippen molar-refractivity contribution in [3.63, 3.8) is 0 Å². The molecule has 0 radical (unpaired) electrons. The molecule has 0 aliphatic carbocycles. The van der Waals surface area contributed by atoms with Gasteiger partial charge in [0.25, 0.3) is 11.8 Å². The Kier molecular flexibility index (Phi) is 11.3. The Morgan fingerprint density at radius 2 is 1.68 bits per heavy atom. The first kappa shape index (κ1) is 30.9. The molecule has 0 unspecified atom stereocenters. The van der Waals surface area contributed by atoms with Crippen molar-refractivity contribution in [2.45, 2.75) is 58.7 Å². The van der Waals surface area contributed by atoms with E-state index in [9.17, 15) is 23.5 Å². The minimum Gasteiger partial charge on any atom is -0.390 e. The Morgan fingerprint density at radius 1 is 1.02 bits per heavy atom. The summed E-state index contributed by atoms with van der Waals surface area (Å²) in [7, 11) is 1.85. The van der Waals surface area contributed by atoms with E-state index < -0.39 is 29.7 Å². The van der Waals surface area contributed by atoms with Gasteiger partial charge in [0.1, 0.15) is 17.5 Å². The van der Waals surface area contributed by atoms with Crippen LogP contribution in [0.4, 0.5) is 8.78 Å². The molecule has 3 N–H and O–H groups in total.